The number of nitrogens with zero attached hydrogens (tertiary/aromatic N) is 2. The van der Waals surface area contributed by atoms with E-state index in [1.54, 1.807) is 61.5 Å². The number of aromatic nitrogens is 1. The number of benzene rings is 2. The zero-order valence-electron chi connectivity index (χ0n) is 16.5. The summed E-state index contributed by atoms with van der Waals surface area (Å²) in [5, 5.41) is 14.9. The third-order valence-corrected chi connectivity index (χ3v) is 4.86. The first kappa shape index (κ1) is 19.4. The second kappa shape index (κ2) is 7.87. The summed E-state index contributed by atoms with van der Waals surface area (Å²) in [6.07, 6.45) is 0. The minimum absolute atomic E-state index is 0.00369. The Bertz CT molecular complexity index is 1120. The zero-order valence-corrected chi connectivity index (χ0v) is 16.5. The number of aryl methyl sites for hydroxylation is 1. The number of hydrogen-bond donors (Lipinski definition) is 1. The first-order valence-corrected chi connectivity index (χ1v) is 9.53. The van der Waals surface area contributed by atoms with Crippen LogP contribution in [0.3, 0.4) is 0 Å². The van der Waals surface area contributed by atoms with E-state index in [2.05, 4.69) is 5.16 Å². The van der Waals surface area contributed by atoms with Gasteiger partial charge in [-0.1, -0.05) is 35.5 Å². The molecule has 0 spiro atoms. The smallest absolute Gasteiger partial charge is 0.301 e. The van der Waals surface area contributed by atoms with E-state index in [4.69, 9.17) is 9.26 Å². The van der Waals surface area contributed by atoms with Gasteiger partial charge in [-0.2, -0.15) is 0 Å². The van der Waals surface area contributed by atoms with Crippen molar-refractivity contribution in [2.24, 2.45) is 0 Å². The SMILES string of the molecule is CCOc1ccc(/C(O)=C2\C(=O)C(=O)N(c3cc(C)on3)C2c2ccccc2)cc1. The van der Waals surface area contributed by atoms with Gasteiger partial charge in [-0.15, -0.1) is 0 Å². The normalized spacial score (nSPS) is 18.1. The van der Waals surface area contributed by atoms with Crippen LogP contribution >= 0.6 is 0 Å². The van der Waals surface area contributed by atoms with Crippen molar-refractivity contribution < 1.29 is 24.0 Å². The van der Waals surface area contributed by atoms with Crippen LogP contribution < -0.4 is 9.64 Å². The standard InChI is InChI=1S/C23H20N2O5/c1-3-29-17-11-9-16(10-12-17)21(26)19-20(15-7-5-4-6-8-15)25(23(28)22(19)27)18-13-14(2)30-24-18/h4-13,20,26H,3H2,1-2H3/b21-19+. The molecule has 4 rings (SSSR count). The fourth-order valence-corrected chi connectivity index (χ4v) is 3.52. The third kappa shape index (κ3) is 3.34. The highest BCUT2D eigenvalue weighted by Gasteiger charge is 2.48. The van der Waals surface area contributed by atoms with Crippen molar-refractivity contribution in [1.82, 2.24) is 5.16 Å². The minimum Gasteiger partial charge on any atom is -0.507 e. The molecular weight excluding hydrogens is 384 g/mol. The van der Waals surface area contributed by atoms with Crippen LogP contribution in [0.5, 0.6) is 5.75 Å². The summed E-state index contributed by atoms with van der Waals surface area (Å²) in [4.78, 5) is 27.1. The molecule has 1 N–H and O–H groups in total. The summed E-state index contributed by atoms with van der Waals surface area (Å²) in [7, 11) is 0. The number of aliphatic hydroxyl groups is 1. The van der Waals surface area contributed by atoms with E-state index >= 15 is 0 Å². The monoisotopic (exact) mass is 404 g/mol. The van der Waals surface area contributed by atoms with Crippen molar-refractivity contribution >= 4 is 23.3 Å². The lowest BCUT2D eigenvalue weighted by atomic mass is 9.95. The van der Waals surface area contributed by atoms with E-state index in [1.807, 2.05) is 13.0 Å². The number of amides is 1. The fourth-order valence-electron chi connectivity index (χ4n) is 3.52. The number of ether oxygens (including phenoxy) is 1. The van der Waals surface area contributed by atoms with Crippen LogP contribution in [0.25, 0.3) is 5.76 Å². The van der Waals surface area contributed by atoms with Gasteiger partial charge in [-0.3, -0.25) is 14.5 Å². The molecule has 0 aliphatic carbocycles. The van der Waals surface area contributed by atoms with Crippen LogP contribution in [-0.4, -0.2) is 28.6 Å². The molecular formula is C23H20N2O5. The lowest BCUT2D eigenvalue weighted by molar-refractivity contribution is -0.132. The van der Waals surface area contributed by atoms with Crippen LogP contribution in [-0.2, 0) is 9.59 Å². The first-order valence-electron chi connectivity index (χ1n) is 9.53. The summed E-state index contributed by atoms with van der Waals surface area (Å²) in [5.41, 5.74) is 1.08. The van der Waals surface area contributed by atoms with Gasteiger partial charge < -0.3 is 14.4 Å². The summed E-state index contributed by atoms with van der Waals surface area (Å²) >= 11 is 0. The Morgan fingerprint density at radius 2 is 1.83 bits per heavy atom. The van der Waals surface area contributed by atoms with Gasteiger partial charge in [0.1, 0.15) is 17.3 Å². The maximum atomic E-state index is 13.0. The number of Topliss-reactive ketones (excluding diaryl/α,β-unsaturated/α-hetero) is 1. The largest absolute Gasteiger partial charge is 0.507 e. The Morgan fingerprint density at radius 1 is 1.13 bits per heavy atom. The van der Waals surface area contributed by atoms with E-state index in [-0.39, 0.29) is 17.2 Å². The van der Waals surface area contributed by atoms with Crippen LogP contribution in [0.2, 0.25) is 0 Å². The van der Waals surface area contributed by atoms with Crippen LogP contribution in [0.4, 0.5) is 5.82 Å². The molecule has 1 fully saturated rings. The number of ketones is 1. The molecule has 7 heteroatoms. The van der Waals surface area contributed by atoms with Gasteiger partial charge >= 0.3 is 5.91 Å². The highest BCUT2D eigenvalue weighted by molar-refractivity contribution is 6.51. The van der Waals surface area contributed by atoms with E-state index < -0.39 is 17.7 Å². The average Bonchev–Trinajstić information content (AvgIpc) is 3.30. The molecule has 1 saturated heterocycles. The third-order valence-electron chi connectivity index (χ3n) is 4.86. The van der Waals surface area contributed by atoms with Crippen LogP contribution in [0.1, 0.15) is 29.9 Å². The topological polar surface area (TPSA) is 92.9 Å². The molecule has 1 amide bonds. The zero-order chi connectivity index (χ0) is 21.3. The maximum Gasteiger partial charge on any atom is 0.301 e. The van der Waals surface area contributed by atoms with Crippen molar-refractivity contribution in [2.75, 3.05) is 11.5 Å². The fraction of sp³-hybridized carbons (Fsp3) is 0.174. The van der Waals surface area contributed by atoms with E-state index in [0.717, 1.165) is 0 Å². The molecule has 1 atom stereocenters. The summed E-state index contributed by atoms with van der Waals surface area (Å²) < 4.78 is 10.5. The van der Waals surface area contributed by atoms with Crippen molar-refractivity contribution in [3.8, 4) is 5.75 Å². The molecule has 1 aromatic heterocycles. The van der Waals surface area contributed by atoms with E-state index in [1.165, 1.54) is 4.90 Å². The molecule has 1 aliphatic heterocycles. The molecule has 0 bridgehead atoms. The van der Waals surface area contributed by atoms with Gasteiger partial charge in [-0.25, -0.2) is 0 Å². The van der Waals surface area contributed by atoms with Crippen LogP contribution in [0.15, 0.2) is 70.8 Å². The second-order valence-electron chi connectivity index (χ2n) is 6.83. The van der Waals surface area contributed by atoms with E-state index in [9.17, 15) is 14.7 Å². The Hall–Kier alpha value is -3.87. The van der Waals surface area contributed by atoms with Gasteiger partial charge in [0.25, 0.3) is 5.78 Å². The molecule has 0 saturated carbocycles. The molecule has 2 aromatic carbocycles. The van der Waals surface area contributed by atoms with Crippen molar-refractivity contribution in [1.29, 1.82) is 0 Å². The van der Waals surface area contributed by atoms with Gasteiger partial charge in [-0.05, 0) is 43.7 Å². The number of carbonyl (C=O) groups is 2. The van der Waals surface area contributed by atoms with Crippen molar-refractivity contribution in [3.63, 3.8) is 0 Å². The second-order valence-corrected chi connectivity index (χ2v) is 6.83. The van der Waals surface area contributed by atoms with E-state index in [0.29, 0.717) is 29.2 Å². The molecule has 0 radical (unpaired) electrons. The molecule has 1 unspecified atom stereocenters. The number of rotatable bonds is 5. The van der Waals surface area contributed by atoms with Gasteiger partial charge in [0.2, 0.25) is 0 Å². The molecule has 7 nitrogen and oxygen atoms in total. The summed E-state index contributed by atoms with van der Waals surface area (Å²) in [5.74, 6) is -0.444. The summed E-state index contributed by atoms with van der Waals surface area (Å²) in [6, 6.07) is 16.5. The lowest BCUT2D eigenvalue weighted by Crippen LogP contribution is -2.29. The predicted octanol–water partition coefficient (Wildman–Crippen LogP) is 4.01. The summed E-state index contributed by atoms with van der Waals surface area (Å²) in [6.45, 7) is 4.09. The lowest BCUT2D eigenvalue weighted by Gasteiger charge is -2.22. The molecule has 3 aromatic rings. The van der Waals surface area contributed by atoms with Gasteiger partial charge in [0, 0.05) is 11.6 Å². The average molecular weight is 404 g/mol. The highest BCUT2D eigenvalue weighted by Crippen LogP contribution is 2.41. The molecule has 1 aliphatic rings. The Labute approximate surface area is 173 Å². The number of carbonyl (C=O) groups excluding carboxylic acids is 2. The van der Waals surface area contributed by atoms with Gasteiger partial charge in [0.05, 0.1) is 18.2 Å². The number of hydrogen-bond acceptors (Lipinski definition) is 6. The minimum atomic E-state index is -0.831. The molecule has 30 heavy (non-hydrogen) atoms. The van der Waals surface area contributed by atoms with Crippen molar-refractivity contribution in [2.45, 2.75) is 19.9 Å². The quantitative estimate of drug-likeness (QED) is 0.392. The Morgan fingerprint density at radius 3 is 2.43 bits per heavy atom. The number of anilines is 1. The Kier molecular flexibility index (Phi) is 5.10. The maximum absolute atomic E-state index is 13.0. The first-order chi connectivity index (χ1) is 14.5. The Balaban J connectivity index is 1.87. The molecule has 152 valence electrons. The number of aliphatic hydroxyl groups excluding tert-OH is 1. The highest BCUT2D eigenvalue weighted by atomic mass is 16.5. The van der Waals surface area contributed by atoms with Crippen LogP contribution in [0, 0.1) is 6.92 Å². The van der Waals surface area contributed by atoms with Crippen molar-refractivity contribution in [3.05, 3.63) is 83.1 Å². The predicted molar refractivity (Wildman–Crippen MR) is 110 cm³/mol. The molecule has 2 heterocycles. The van der Waals surface area contributed by atoms with Gasteiger partial charge in [0.15, 0.2) is 5.82 Å².